The highest BCUT2D eigenvalue weighted by Gasteiger charge is 2.05. The molecular weight excluding hydrogens is 209 g/mol. The van der Waals surface area contributed by atoms with Crippen molar-refractivity contribution in [3.63, 3.8) is 0 Å². The van der Waals surface area contributed by atoms with Crippen LogP contribution in [0.5, 0.6) is 0 Å². The molecule has 0 aliphatic carbocycles. The number of fused-ring (bicyclic) bond motifs is 2. The lowest BCUT2D eigenvalue weighted by atomic mass is 10.1. The van der Waals surface area contributed by atoms with E-state index in [1.807, 2.05) is 25.1 Å². The summed E-state index contributed by atoms with van der Waals surface area (Å²) >= 11 is 1.60. The lowest BCUT2D eigenvalue weighted by molar-refractivity contribution is 0.640. The fourth-order valence-electron chi connectivity index (χ4n) is 1.78. The van der Waals surface area contributed by atoms with Crippen LogP contribution in [0.1, 0.15) is 5.01 Å². The van der Waals surface area contributed by atoms with Crippen LogP contribution in [0.3, 0.4) is 0 Å². The van der Waals surface area contributed by atoms with Crippen LogP contribution < -0.4 is 0 Å². The Morgan fingerprint density at radius 1 is 1.27 bits per heavy atom. The molecule has 0 atom stereocenters. The van der Waals surface area contributed by atoms with Crippen LogP contribution in [0.15, 0.2) is 30.3 Å². The van der Waals surface area contributed by atoms with Gasteiger partial charge >= 0.3 is 0 Å². The first-order chi connectivity index (χ1) is 7.24. The summed E-state index contributed by atoms with van der Waals surface area (Å²) in [6.45, 7) is 1.96. The molecule has 1 aromatic heterocycles. The number of hydrogen-bond donors (Lipinski definition) is 0. The van der Waals surface area contributed by atoms with Crippen molar-refractivity contribution in [2.75, 3.05) is 0 Å². The molecule has 0 bridgehead atoms. The van der Waals surface area contributed by atoms with Gasteiger partial charge in [0.05, 0.1) is 15.2 Å². The average molecular weight is 217 g/mol. The van der Waals surface area contributed by atoms with E-state index in [1.54, 1.807) is 17.4 Å². The van der Waals surface area contributed by atoms with E-state index in [9.17, 15) is 4.39 Å². The zero-order chi connectivity index (χ0) is 10.4. The monoisotopic (exact) mass is 217 g/mol. The quantitative estimate of drug-likeness (QED) is 0.556. The van der Waals surface area contributed by atoms with Crippen molar-refractivity contribution in [1.82, 2.24) is 4.98 Å². The number of thiazole rings is 1. The molecule has 74 valence electrons. The largest absolute Gasteiger partial charge is 0.241 e. The van der Waals surface area contributed by atoms with Crippen molar-refractivity contribution < 1.29 is 4.39 Å². The van der Waals surface area contributed by atoms with E-state index >= 15 is 0 Å². The molecule has 15 heavy (non-hydrogen) atoms. The predicted molar refractivity (Wildman–Crippen MR) is 61.8 cm³/mol. The number of hydrogen-bond acceptors (Lipinski definition) is 2. The standard InChI is InChI=1S/C12H8FNS/c1-7-14-11-5-8-3-2-4-10(13)9(8)6-12(11)15-7/h2-6H,1H3. The van der Waals surface area contributed by atoms with Gasteiger partial charge in [-0.15, -0.1) is 11.3 Å². The Bertz CT molecular complexity index is 657. The third-order valence-corrected chi connectivity index (χ3v) is 3.38. The molecule has 1 heterocycles. The third-order valence-electron chi connectivity index (χ3n) is 2.44. The molecule has 0 saturated heterocycles. The zero-order valence-electron chi connectivity index (χ0n) is 8.12. The molecule has 2 aromatic carbocycles. The van der Waals surface area contributed by atoms with Crippen LogP contribution in [0.2, 0.25) is 0 Å². The van der Waals surface area contributed by atoms with E-state index in [0.29, 0.717) is 5.39 Å². The van der Waals surface area contributed by atoms with Crippen LogP contribution in [-0.2, 0) is 0 Å². The van der Waals surface area contributed by atoms with E-state index in [-0.39, 0.29) is 5.82 Å². The zero-order valence-corrected chi connectivity index (χ0v) is 8.94. The van der Waals surface area contributed by atoms with E-state index in [4.69, 9.17) is 0 Å². The van der Waals surface area contributed by atoms with Crippen molar-refractivity contribution in [3.8, 4) is 0 Å². The summed E-state index contributed by atoms with van der Waals surface area (Å²) in [4.78, 5) is 4.39. The highest BCUT2D eigenvalue weighted by molar-refractivity contribution is 7.18. The van der Waals surface area contributed by atoms with Crippen molar-refractivity contribution >= 4 is 32.3 Å². The van der Waals surface area contributed by atoms with Crippen LogP contribution >= 0.6 is 11.3 Å². The molecule has 3 aromatic rings. The molecule has 0 fully saturated rings. The molecule has 0 N–H and O–H groups in total. The fraction of sp³-hybridized carbons (Fsp3) is 0.0833. The minimum absolute atomic E-state index is 0.166. The van der Waals surface area contributed by atoms with E-state index in [2.05, 4.69) is 4.98 Å². The molecule has 3 rings (SSSR count). The summed E-state index contributed by atoms with van der Waals surface area (Å²) in [7, 11) is 0. The van der Waals surface area contributed by atoms with Crippen molar-refractivity contribution in [3.05, 3.63) is 41.2 Å². The summed E-state index contributed by atoms with van der Waals surface area (Å²) < 4.78 is 14.6. The number of halogens is 1. The lowest BCUT2D eigenvalue weighted by Crippen LogP contribution is -1.78. The molecule has 0 spiro atoms. The molecule has 0 unspecified atom stereocenters. The maximum atomic E-state index is 13.5. The summed E-state index contributed by atoms with van der Waals surface area (Å²) in [5.74, 6) is -0.166. The first-order valence-corrected chi connectivity index (χ1v) is 5.51. The Labute approximate surface area is 90.2 Å². The third kappa shape index (κ3) is 1.31. The van der Waals surface area contributed by atoms with Gasteiger partial charge in [0.2, 0.25) is 0 Å². The Morgan fingerprint density at radius 3 is 3.00 bits per heavy atom. The van der Waals surface area contributed by atoms with Gasteiger partial charge in [0.1, 0.15) is 5.82 Å². The van der Waals surface area contributed by atoms with Gasteiger partial charge in [-0.2, -0.15) is 0 Å². The molecular formula is C12H8FNS. The summed E-state index contributed by atoms with van der Waals surface area (Å²) in [5, 5.41) is 2.60. The van der Waals surface area contributed by atoms with Crippen LogP contribution in [0, 0.1) is 12.7 Å². The molecule has 0 saturated carbocycles. The van der Waals surface area contributed by atoms with Crippen LogP contribution in [0.25, 0.3) is 21.0 Å². The number of rotatable bonds is 0. The van der Waals surface area contributed by atoms with Gasteiger partial charge in [0, 0.05) is 5.39 Å². The number of benzene rings is 2. The fourth-order valence-corrected chi connectivity index (χ4v) is 2.62. The van der Waals surface area contributed by atoms with Gasteiger partial charge in [-0.3, -0.25) is 0 Å². The van der Waals surface area contributed by atoms with Crippen molar-refractivity contribution in [2.45, 2.75) is 6.92 Å². The van der Waals surface area contributed by atoms with Crippen LogP contribution in [-0.4, -0.2) is 4.98 Å². The molecule has 0 aliphatic heterocycles. The number of aryl methyl sites for hydroxylation is 1. The molecule has 0 radical (unpaired) electrons. The maximum absolute atomic E-state index is 13.5. The van der Waals surface area contributed by atoms with Gasteiger partial charge in [-0.1, -0.05) is 12.1 Å². The number of aromatic nitrogens is 1. The lowest BCUT2D eigenvalue weighted by Gasteiger charge is -1.98. The topological polar surface area (TPSA) is 12.9 Å². The smallest absolute Gasteiger partial charge is 0.131 e. The first-order valence-electron chi connectivity index (χ1n) is 4.69. The Balaban J connectivity index is 2.52. The SMILES string of the molecule is Cc1nc2cc3cccc(F)c3cc2s1. The van der Waals surface area contributed by atoms with E-state index in [1.165, 1.54) is 6.07 Å². The van der Waals surface area contributed by atoms with E-state index < -0.39 is 0 Å². The Kier molecular flexibility index (Phi) is 1.76. The van der Waals surface area contributed by atoms with Gasteiger partial charge in [-0.25, -0.2) is 9.37 Å². The van der Waals surface area contributed by atoms with Gasteiger partial charge in [-0.05, 0) is 30.5 Å². The van der Waals surface area contributed by atoms with Crippen molar-refractivity contribution in [2.24, 2.45) is 0 Å². The molecule has 0 aliphatic rings. The Hall–Kier alpha value is -1.48. The second-order valence-corrected chi connectivity index (χ2v) is 4.75. The minimum atomic E-state index is -0.166. The summed E-state index contributed by atoms with van der Waals surface area (Å²) in [6.07, 6.45) is 0. The molecule has 1 nitrogen and oxygen atoms in total. The number of nitrogens with zero attached hydrogens (tertiary/aromatic N) is 1. The predicted octanol–water partition coefficient (Wildman–Crippen LogP) is 3.90. The average Bonchev–Trinajstić information content (AvgIpc) is 2.55. The Morgan fingerprint density at radius 2 is 2.13 bits per heavy atom. The van der Waals surface area contributed by atoms with Crippen LogP contribution in [0.4, 0.5) is 4.39 Å². The van der Waals surface area contributed by atoms with Gasteiger partial charge in [0.25, 0.3) is 0 Å². The molecule has 3 heteroatoms. The summed E-state index contributed by atoms with van der Waals surface area (Å²) in [5.41, 5.74) is 0.954. The summed E-state index contributed by atoms with van der Waals surface area (Å²) in [6, 6.07) is 8.94. The van der Waals surface area contributed by atoms with E-state index in [0.717, 1.165) is 20.6 Å². The second kappa shape index (κ2) is 3.00. The minimum Gasteiger partial charge on any atom is -0.241 e. The molecule has 0 amide bonds. The normalized spacial score (nSPS) is 11.3. The van der Waals surface area contributed by atoms with Gasteiger partial charge < -0.3 is 0 Å². The first kappa shape index (κ1) is 8.80. The highest BCUT2D eigenvalue weighted by Crippen LogP contribution is 2.28. The van der Waals surface area contributed by atoms with Gasteiger partial charge in [0.15, 0.2) is 0 Å². The maximum Gasteiger partial charge on any atom is 0.131 e. The second-order valence-electron chi connectivity index (χ2n) is 3.51. The van der Waals surface area contributed by atoms with Crippen molar-refractivity contribution in [1.29, 1.82) is 0 Å². The highest BCUT2D eigenvalue weighted by atomic mass is 32.1.